The van der Waals surface area contributed by atoms with Gasteiger partial charge < -0.3 is 35.7 Å². The third-order valence-corrected chi connectivity index (χ3v) is 7.68. The molecule has 1 fully saturated rings. The van der Waals surface area contributed by atoms with Gasteiger partial charge in [0, 0.05) is 51.8 Å². The second kappa shape index (κ2) is 21.9. The number of carbonyl (C=O) groups excluding carboxylic acids is 2. The number of hydrogen-bond acceptors (Lipinski definition) is 8. The van der Waals surface area contributed by atoms with Crippen molar-refractivity contribution < 1.29 is 28.9 Å². The molecule has 4 unspecified atom stereocenters. The smallest absolute Gasteiger partial charge is 0.255 e. The maximum atomic E-state index is 13.0. The molecule has 1 heterocycles. The number of methoxy groups -OCH3 is 1. The minimum atomic E-state index is -0.829. The first kappa shape index (κ1) is 40.3. The number of hydrogen-bond donors (Lipinski definition) is 4. The number of morpholine rings is 1. The number of carbonyl (C=O) groups is 2. The summed E-state index contributed by atoms with van der Waals surface area (Å²) in [7, 11) is 1.60. The SMILES string of the molecule is COCCOc1ccccc1C(=O)NCC(CC(N)C(O)CC(C(=O)NCCN1CCOCC1)C(C)C)C(C)C.Cl.Cl. The number of halogens is 2. The average molecular weight is 638 g/mol. The molecule has 0 aliphatic carbocycles. The van der Waals surface area contributed by atoms with Crippen LogP contribution < -0.4 is 21.1 Å². The van der Waals surface area contributed by atoms with Crippen LogP contribution in [0, 0.1) is 23.7 Å². The number of nitrogens with one attached hydrogen (secondary N) is 2. The number of nitrogens with two attached hydrogens (primary N) is 1. The first-order valence-corrected chi connectivity index (χ1v) is 14.6. The largest absolute Gasteiger partial charge is 0.490 e. The Balaban J connectivity index is 0.00000840. The Bertz CT molecular complexity index is 889. The van der Waals surface area contributed by atoms with Crippen molar-refractivity contribution in [2.45, 2.75) is 52.7 Å². The summed E-state index contributed by atoms with van der Waals surface area (Å²) in [4.78, 5) is 28.2. The van der Waals surface area contributed by atoms with Crippen molar-refractivity contribution >= 4 is 36.6 Å². The van der Waals surface area contributed by atoms with Crippen LogP contribution in [0.15, 0.2) is 24.3 Å². The Labute approximate surface area is 264 Å². The number of para-hydroxylation sites is 1. The van der Waals surface area contributed by atoms with Gasteiger partial charge in [0.2, 0.25) is 5.91 Å². The number of amides is 2. The molecule has 5 N–H and O–H groups in total. The van der Waals surface area contributed by atoms with Crippen molar-refractivity contribution in [1.82, 2.24) is 15.5 Å². The lowest BCUT2D eigenvalue weighted by Crippen LogP contribution is -2.45. The third kappa shape index (κ3) is 14.2. The molecule has 2 rings (SSSR count). The first-order chi connectivity index (χ1) is 19.1. The summed E-state index contributed by atoms with van der Waals surface area (Å²) in [6, 6.07) is 6.60. The van der Waals surface area contributed by atoms with Crippen molar-refractivity contribution in [1.29, 1.82) is 0 Å². The van der Waals surface area contributed by atoms with Crippen LogP contribution in [0.25, 0.3) is 0 Å². The highest BCUT2D eigenvalue weighted by Gasteiger charge is 2.30. The van der Waals surface area contributed by atoms with E-state index in [1.807, 2.05) is 19.9 Å². The van der Waals surface area contributed by atoms with Gasteiger partial charge in [-0.25, -0.2) is 0 Å². The van der Waals surface area contributed by atoms with E-state index >= 15 is 0 Å². The van der Waals surface area contributed by atoms with E-state index < -0.39 is 12.1 Å². The minimum absolute atomic E-state index is 0. The van der Waals surface area contributed by atoms with Crippen LogP contribution in [0.3, 0.4) is 0 Å². The summed E-state index contributed by atoms with van der Waals surface area (Å²) in [5.41, 5.74) is 6.93. The molecular formula is C30H54Cl2N4O6. The van der Waals surface area contributed by atoms with E-state index in [9.17, 15) is 14.7 Å². The molecule has 0 spiro atoms. The minimum Gasteiger partial charge on any atom is -0.490 e. The summed E-state index contributed by atoms with van der Waals surface area (Å²) < 4.78 is 16.1. The number of aliphatic hydroxyl groups excluding tert-OH is 1. The van der Waals surface area contributed by atoms with Crippen molar-refractivity contribution in [2.75, 3.05) is 66.3 Å². The summed E-state index contributed by atoms with van der Waals surface area (Å²) >= 11 is 0. The molecule has 0 bridgehead atoms. The summed E-state index contributed by atoms with van der Waals surface area (Å²) in [6.07, 6.45) is -0.00980. The van der Waals surface area contributed by atoms with E-state index in [1.54, 1.807) is 25.3 Å². The van der Waals surface area contributed by atoms with Gasteiger partial charge in [0.15, 0.2) is 0 Å². The van der Waals surface area contributed by atoms with Crippen molar-refractivity contribution in [3.05, 3.63) is 29.8 Å². The molecule has 1 aromatic carbocycles. The standard InChI is InChI=1S/C30H52N4O6.2ClH/c1-21(2)23(20-33-29(36)24-8-6-7-9-28(24)40-17-16-38-5)18-26(31)27(35)19-25(22(3)4)30(37)32-10-11-34-12-14-39-15-13-34;;/h6-9,21-23,25-27,35H,10-20,31H2,1-5H3,(H,32,37)(H,33,36);2*1H. The molecule has 0 aromatic heterocycles. The Kier molecular flexibility index (Phi) is 21.1. The fraction of sp³-hybridized carbons (Fsp3) is 0.733. The molecule has 0 saturated carbocycles. The quantitative estimate of drug-likeness (QED) is 0.181. The highest BCUT2D eigenvalue weighted by molar-refractivity contribution is 5.96. The number of ether oxygens (including phenoxy) is 3. The summed E-state index contributed by atoms with van der Waals surface area (Å²) in [5, 5.41) is 17.1. The van der Waals surface area contributed by atoms with Crippen molar-refractivity contribution in [3.63, 3.8) is 0 Å². The van der Waals surface area contributed by atoms with Crippen LogP contribution in [-0.4, -0.2) is 100 Å². The predicted octanol–water partition coefficient (Wildman–Crippen LogP) is 2.75. The zero-order valence-corrected chi connectivity index (χ0v) is 27.5. The van der Waals surface area contributed by atoms with Gasteiger partial charge in [-0.3, -0.25) is 14.5 Å². The maximum Gasteiger partial charge on any atom is 0.255 e. The van der Waals surface area contributed by atoms with Crippen LogP contribution >= 0.6 is 24.8 Å². The van der Waals surface area contributed by atoms with Gasteiger partial charge in [-0.15, -0.1) is 24.8 Å². The van der Waals surface area contributed by atoms with Gasteiger partial charge in [0.25, 0.3) is 5.91 Å². The molecule has 4 atom stereocenters. The fourth-order valence-electron chi connectivity index (χ4n) is 4.84. The molecule has 244 valence electrons. The molecule has 1 aromatic rings. The van der Waals surface area contributed by atoms with Crippen LogP contribution in [-0.2, 0) is 14.3 Å². The summed E-state index contributed by atoms with van der Waals surface area (Å²) in [5.74, 6) is 0.253. The Morgan fingerprint density at radius 2 is 1.69 bits per heavy atom. The molecule has 1 aliphatic heterocycles. The Morgan fingerprint density at radius 1 is 1.02 bits per heavy atom. The van der Waals surface area contributed by atoms with Crippen LogP contribution in [0.5, 0.6) is 5.75 Å². The second-order valence-electron chi connectivity index (χ2n) is 11.3. The van der Waals surface area contributed by atoms with Gasteiger partial charge in [0.1, 0.15) is 12.4 Å². The van der Waals surface area contributed by atoms with Gasteiger partial charge in [-0.05, 0) is 42.7 Å². The fourth-order valence-corrected chi connectivity index (χ4v) is 4.84. The topological polar surface area (TPSA) is 135 Å². The number of nitrogens with zero attached hydrogens (tertiary/aromatic N) is 1. The highest BCUT2D eigenvalue weighted by atomic mass is 35.5. The first-order valence-electron chi connectivity index (χ1n) is 14.6. The van der Waals surface area contributed by atoms with Crippen molar-refractivity contribution in [2.24, 2.45) is 29.4 Å². The number of benzene rings is 1. The van der Waals surface area contributed by atoms with E-state index in [1.165, 1.54) is 0 Å². The Morgan fingerprint density at radius 3 is 2.31 bits per heavy atom. The molecule has 1 aliphatic rings. The van der Waals surface area contributed by atoms with Gasteiger partial charge >= 0.3 is 0 Å². The molecule has 1 saturated heterocycles. The molecule has 42 heavy (non-hydrogen) atoms. The van der Waals surface area contributed by atoms with E-state index in [2.05, 4.69) is 29.4 Å². The average Bonchev–Trinajstić information content (AvgIpc) is 2.94. The Hall–Kier alpha value is -1.66. The lowest BCUT2D eigenvalue weighted by Gasteiger charge is -2.30. The van der Waals surface area contributed by atoms with E-state index in [4.69, 9.17) is 19.9 Å². The second-order valence-corrected chi connectivity index (χ2v) is 11.3. The lowest BCUT2D eigenvalue weighted by atomic mass is 9.83. The number of rotatable bonds is 18. The van der Waals surface area contributed by atoms with Gasteiger partial charge in [-0.1, -0.05) is 39.8 Å². The van der Waals surface area contributed by atoms with E-state index in [0.717, 1.165) is 32.8 Å². The maximum absolute atomic E-state index is 13.0. The van der Waals surface area contributed by atoms with E-state index in [0.29, 0.717) is 50.5 Å². The van der Waals surface area contributed by atoms with E-state index in [-0.39, 0.29) is 60.3 Å². The molecular weight excluding hydrogens is 583 g/mol. The molecule has 12 heteroatoms. The molecule has 2 amide bonds. The number of aliphatic hydroxyl groups is 1. The zero-order chi connectivity index (χ0) is 29.5. The monoisotopic (exact) mass is 636 g/mol. The van der Waals surface area contributed by atoms with Crippen LogP contribution in [0.1, 0.15) is 50.9 Å². The highest BCUT2D eigenvalue weighted by Crippen LogP contribution is 2.24. The molecule has 0 radical (unpaired) electrons. The molecule has 10 nitrogen and oxygen atoms in total. The normalized spacial score (nSPS) is 16.5. The van der Waals surface area contributed by atoms with Gasteiger partial charge in [-0.2, -0.15) is 0 Å². The van der Waals surface area contributed by atoms with Crippen LogP contribution in [0.2, 0.25) is 0 Å². The van der Waals surface area contributed by atoms with Crippen molar-refractivity contribution in [3.8, 4) is 5.75 Å². The van der Waals surface area contributed by atoms with Crippen LogP contribution in [0.4, 0.5) is 0 Å². The third-order valence-electron chi connectivity index (χ3n) is 7.68. The predicted molar refractivity (Wildman–Crippen MR) is 171 cm³/mol. The zero-order valence-electron chi connectivity index (χ0n) is 25.9. The summed E-state index contributed by atoms with van der Waals surface area (Å²) in [6.45, 7) is 13.9. The lowest BCUT2D eigenvalue weighted by molar-refractivity contribution is -0.127. The van der Waals surface area contributed by atoms with Gasteiger partial charge in [0.05, 0.1) is 31.5 Å².